The molecule has 0 aromatic carbocycles. The molecular weight excluding hydrogens is 264 g/mol. The average Bonchev–Trinajstić information content (AvgIpc) is 3.01. The third-order valence-electron chi connectivity index (χ3n) is 3.61. The fraction of sp³-hybridized carbons (Fsp3) is 0.800. The molecule has 0 saturated carbocycles. The van der Waals surface area contributed by atoms with E-state index in [1.807, 2.05) is 0 Å². The second-order valence-electron chi connectivity index (χ2n) is 5.47. The Morgan fingerprint density at radius 3 is 2.24 bits per heavy atom. The number of rotatable bonds is 8. The lowest BCUT2D eigenvalue weighted by atomic mass is 10.4. The van der Waals surface area contributed by atoms with E-state index in [1.165, 1.54) is 12.8 Å². The molecular formula is C15H28N6. The molecule has 0 radical (unpaired) electrons. The van der Waals surface area contributed by atoms with Gasteiger partial charge in [-0.15, -0.1) is 0 Å². The van der Waals surface area contributed by atoms with Gasteiger partial charge < -0.3 is 15.1 Å². The maximum absolute atomic E-state index is 4.72. The van der Waals surface area contributed by atoms with Gasteiger partial charge >= 0.3 is 0 Å². The van der Waals surface area contributed by atoms with Gasteiger partial charge in [0.05, 0.1) is 0 Å². The van der Waals surface area contributed by atoms with Crippen molar-refractivity contribution in [1.29, 1.82) is 0 Å². The van der Waals surface area contributed by atoms with Gasteiger partial charge in [-0.2, -0.15) is 15.0 Å². The van der Waals surface area contributed by atoms with Crippen LogP contribution in [0.1, 0.15) is 46.5 Å². The van der Waals surface area contributed by atoms with Crippen LogP contribution < -0.4 is 15.1 Å². The van der Waals surface area contributed by atoms with Gasteiger partial charge in [0.25, 0.3) is 0 Å². The van der Waals surface area contributed by atoms with Crippen molar-refractivity contribution < 1.29 is 0 Å². The Kier molecular flexibility index (Phi) is 6.02. The van der Waals surface area contributed by atoms with Crippen LogP contribution in [0.25, 0.3) is 0 Å². The van der Waals surface area contributed by atoms with E-state index >= 15 is 0 Å². The van der Waals surface area contributed by atoms with Crippen molar-refractivity contribution in [2.24, 2.45) is 0 Å². The van der Waals surface area contributed by atoms with Gasteiger partial charge in [0.2, 0.25) is 17.8 Å². The van der Waals surface area contributed by atoms with Crippen LogP contribution in [0.15, 0.2) is 0 Å². The van der Waals surface area contributed by atoms with Gasteiger partial charge in [0, 0.05) is 32.7 Å². The summed E-state index contributed by atoms with van der Waals surface area (Å²) in [5.41, 5.74) is 0. The molecule has 2 heterocycles. The Morgan fingerprint density at radius 2 is 1.67 bits per heavy atom. The SMILES string of the molecule is CCCN(CCC)c1nc(NCC)nc(N2CCCC2)n1. The first-order chi connectivity index (χ1) is 10.3. The van der Waals surface area contributed by atoms with Crippen LogP contribution in [0.3, 0.4) is 0 Å². The Hall–Kier alpha value is -1.59. The summed E-state index contributed by atoms with van der Waals surface area (Å²) in [6, 6.07) is 0. The van der Waals surface area contributed by atoms with Gasteiger partial charge in [-0.05, 0) is 32.6 Å². The fourth-order valence-corrected chi connectivity index (χ4v) is 2.64. The molecule has 1 aromatic rings. The van der Waals surface area contributed by atoms with Gasteiger partial charge in [0.1, 0.15) is 0 Å². The zero-order chi connectivity index (χ0) is 15.1. The second-order valence-corrected chi connectivity index (χ2v) is 5.47. The maximum atomic E-state index is 4.72. The summed E-state index contributed by atoms with van der Waals surface area (Å²) in [6.07, 6.45) is 4.65. The largest absolute Gasteiger partial charge is 0.354 e. The zero-order valence-corrected chi connectivity index (χ0v) is 13.6. The number of nitrogens with zero attached hydrogens (tertiary/aromatic N) is 5. The summed E-state index contributed by atoms with van der Waals surface area (Å²) in [6.45, 7) is 11.4. The van der Waals surface area contributed by atoms with E-state index in [4.69, 9.17) is 4.98 Å². The quantitative estimate of drug-likeness (QED) is 0.794. The van der Waals surface area contributed by atoms with E-state index < -0.39 is 0 Å². The van der Waals surface area contributed by atoms with Crippen LogP contribution in [-0.2, 0) is 0 Å². The summed E-state index contributed by atoms with van der Waals surface area (Å²) >= 11 is 0. The van der Waals surface area contributed by atoms with E-state index in [2.05, 4.69) is 45.9 Å². The molecule has 1 aliphatic rings. The summed E-state index contributed by atoms with van der Waals surface area (Å²) in [5.74, 6) is 2.33. The summed E-state index contributed by atoms with van der Waals surface area (Å²) in [4.78, 5) is 18.4. The standard InChI is InChI=1S/C15H28N6/c1-4-9-20(10-5-2)14-17-13(16-6-3)18-15(19-14)21-11-7-8-12-21/h4-12H2,1-3H3,(H,16,17,18,19). The molecule has 1 saturated heterocycles. The molecule has 6 heteroatoms. The summed E-state index contributed by atoms with van der Waals surface area (Å²) in [7, 11) is 0. The molecule has 2 rings (SSSR count). The molecule has 0 bridgehead atoms. The normalized spacial score (nSPS) is 14.5. The van der Waals surface area contributed by atoms with E-state index in [0.29, 0.717) is 5.95 Å². The Labute approximate surface area is 128 Å². The molecule has 1 fully saturated rings. The first-order valence-electron chi connectivity index (χ1n) is 8.28. The predicted octanol–water partition coefficient (Wildman–Crippen LogP) is 2.53. The van der Waals surface area contributed by atoms with Crippen molar-refractivity contribution in [3.05, 3.63) is 0 Å². The van der Waals surface area contributed by atoms with Gasteiger partial charge in [-0.1, -0.05) is 13.8 Å². The van der Waals surface area contributed by atoms with Crippen molar-refractivity contribution in [3.63, 3.8) is 0 Å². The van der Waals surface area contributed by atoms with Crippen molar-refractivity contribution in [3.8, 4) is 0 Å². The number of aromatic nitrogens is 3. The van der Waals surface area contributed by atoms with Crippen LogP contribution in [0.5, 0.6) is 0 Å². The minimum atomic E-state index is 0.696. The fourth-order valence-electron chi connectivity index (χ4n) is 2.64. The highest BCUT2D eigenvalue weighted by molar-refractivity contribution is 5.45. The van der Waals surface area contributed by atoms with E-state index in [0.717, 1.165) is 57.5 Å². The topological polar surface area (TPSA) is 57.2 Å². The van der Waals surface area contributed by atoms with Crippen LogP contribution >= 0.6 is 0 Å². The first kappa shape index (κ1) is 15.8. The Morgan fingerprint density at radius 1 is 1.00 bits per heavy atom. The highest BCUT2D eigenvalue weighted by Gasteiger charge is 2.19. The molecule has 0 spiro atoms. The van der Waals surface area contributed by atoms with Crippen LogP contribution in [0, 0.1) is 0 Å². The van der Waals surface area contributed by atoms with Crippen LogP contribution in [0.4, 0.5) is 17.8 Å². The molecule has 1 aromatic heterocycles. The smallest absolute Gasteiger partial charge is 0.231 e. The third-order valence-corrected chi connectivity index (χ3v) is 3.61. The highest BCUT2D eigenvalue weighted by Crippen LogP contribution is 2.20. The maximum Gasteiger partial charge on any atom is 0.231 e. The lowest BCUT2D eigenvalue weighted by Crippen LogP contribution is -2.29. The number of hydrogen-bond donors (Lipinski definition) is 1. The number of hydrogen-bond acceptors (Lipinski definition) is 6. The lowest BCUT2D eigenvalue weighted by molar-refractivity contribution is 0.715. The lowest BCUT2D eigenvalue weighted by Gasteiger charge is -2.24. The second kappa shape index (κ2) is 8.00. The Balaban J connectivity index is 2.28. The predicted molar refractivity (Wildman–Crippen MR) is 88.2 cm³/mol. The van der Waals surface area contributed by atoms with Gasteiger partial charge in [-0.25, -0.2) is 0 Å². The zero-order valence-electron chi connectivity index (χ0n) is 13.6. The van der Waals surface area contributed by atoms with Gasteiger partial charge in [0.15, 0.2) is 0 Å². The molecule has 0 unspecified atom stereocenters. The molecule has 0 atom stereocenters. The molecule has 6 nitrogen and oxygen atoms in total. The highest BCUT2D eigenvalue weighted by atomic mass is 15.4. The van der Waals surface area contributed by atoms with Crippen molar-refractivity contribution in [2.45, 2.75) is 46.5 Å². The number of nitrogens with one attached hydrogen (secondary N) is 1. The van der Waals surface area contributed by atoms with E-state index in [-0.39, 0.29) is 0 Å². The van der Waals surface area contributed by atoms with Crippen molar-refractivity contribution in [1.82, 2.24) is 15.0 Å². The van der Waals surface area contributed by atoms with Crippen LogP contribution in [0.2, 0.25) is 0 Å². The van der Waals surface area contributed by atoms with Crippen molar-refractivity contribution in [2.75, 3.05) is 47.8 Å². The van der Waals surface area contributed by atoms with E-state index in [1.54, 1.807) is 0 Å². The molecule has 118 valence electrons. The summed E-state index contributed by atoms with van der Waals surface area (Å²) < 4.78 is 0. The molecule has 0 amide bonds. The minimum Gasteiger partial charge on any atom is -0.354 e. The molecule has 0 aliphatic carbocycles. The Bertz CT molecular complexity index is 424. The summed E-state index contributed by atoms with van der Waals surface area (Å²) in [5, 5.41) is 3.24. The van der Waals surface area contributed by atoms with Crippen molar-refractivity contribution >= 4 is 17.8 Å². The monoisotopic (exact) mass is 292 g/mol. The van der Waals surface area contributed by atoms with Crippen LogP contribution in [-0.4, -0.2) is 47.7 Å². The van der Waals surface area contributed by atoms with Gasteiger partial charge in [-0.3, -0.25) is 0 Å². The molecule has 21 heavy (non-hydrogen) atoms. The minimum absolute atomic E-state index is 0.696. The average molecular weight is 292 g/mol. The number of anilines is 3. The van der Waals surface area contributed by atoms with E-state index in [9.17, 15) is 0 Å². The molecule has 1 aliphatic heterocycles. The molecule has 1 N–H and O–H groups in total. The third kappa shape index (κ3) is 4.19. The first-order valence-corrected chi connectivity index (χ1v) is 8.28.